The van der Waals surface area contributed by atoms with Crippen molar-refractivity contribution in [1.82, 2.24) is 34.6 Å². The first kappa shape index (κ1) is 24.8. The van der Waals surface area contributed by atoms with Gasteiger partial charge in [-0.1, -0.05) is 18.5 Å². The van der Waals surface area contributed by atoms with Gasteiger partial charge in [-0.3, -0.25) is 9.48 Å². The predicted octanol–water partition coefficient (Wildman–Crippen LogP) is 3.86. The third-order valence-corrected chi connectivity index (χ3v) is 5.82. The van der Waals surface area contributed by atoms with Gasteiger partial charge in [-0.15, -0.1) is 0 Å². The number of likely N-dealkylation sites (tertiary alicyclic amines) is 1. The highest BCUT2D eigenvalue weighted by Gasteiger charge is 2.47. The largest absolute Gasteiger partial charge is 0.352 e. The summed E-state index contributed by atoms with van der Waals surface area (Å²) in [6, 6.07) is -0.679. The number of amides is 1. The number of halogens is 5. The summed E-state index contributed by atoms with van der Waals surface area (Å²) in [7, 11) is 1.59. The van der Waals surface area contributed by atoms with Gasteiger partial charge in [-0.05, 0) is 5.92 Å². The maximum absolute atomic E-state index is 14.5. The van der Waals surface area contributed by atoms with Crippen LogP contribution in [0.2, 0.25) is 5.02 Å². The molecule has 0 radical (unpaired) electrons. The summed E-state index contributed by atoms with van der Waals surface area (Å²) in [4.78, 5) is 30.5. The Morgan fingerprint density at radius 1 is 1.20 bits per heavy atom. The van der Waals surface area contributed by atoms with Gasteiger partial charge in [0.2, 0.25) is 5.95 Å². The van der Waals surface area contributed by atoms with Crippen LogP contribution in [0, 0.1) is 5.92 Å². The number of anilines is 1. The summed E-state index contributed by atoms with van der Waals surface area (Å²) in [6.45, 7) is 0.823. The highest BCUT2D eigenvalue weighted by Crippen LogP contribution is 2.36. The third-order valence-electron chi connectivity index (χ3n) is 5.63. The Bertz CT molecular complexity index is 1190. The molecule has 4 heterocycles. The average Bonchev–Trinajstić information content (AvgIpc) is 3.19. The number of nitrogens with zero attached hydrogens (tertiary/aromatic N) is 7. The van der Waals surface area contributed by atoms with Gasteiger partial charge in [0.25, 0.3) is 18.3 Å². The SMILES string of the molecule is CC1CC(F)(F)CN(C(=O)c2nn(C)cc2-c2ncc(Cl)cn2)C1CNc1ncc(C(F)F)cn1. The summed E-state index contributed by atoms with van der Waals surface area (Å²) in [5, 5.41) is 7.35. The Kier molecular flexibility index (Phi) is 6.88. The minimum absolute atomic E-state index is 0.0244. The molecule has 1 amide bonds. The second-order valence-corrected chi connectivity index (χ2v) is 8.79. The Labute approximate surface area is 202 Å². The highest BCUT2D eigenvalue weighted by molar-refractivity contribution is 6.30. The van der Waals surface area contributed by atoms with Gasteiger partial charge in [0.05, 0.1) is 28.7 Å². The molecule has 0 spiro atoms. The molecule has 1 aliphatic rings. The molecule has 1 N–H and O–H groups in total. The van der Waals surface area contributed by atoms with Crippen LogP contribution >= 0.6 is 11.6 Å². The fourth-order valence-electron chi connectivity index (χ4n) is 4.01. The fraction of sp³-hybridized carbons (Fsp3) is 0.429. The number of piperidine rings is 1. The maximum atomic E-state index is 14.5. The lowest BCUT2D eigenvalue weighted by Gasteiger charge is -2.43. The van der Waals surface area contributed by atoms with E-state index in [1.807, 2.05) is 0 Å². The molecule has 1 fully saturated rings. The van der Waals surface area contributed by atoms with Crippen LogP contribution in [-0.2, 0) is 7.05 Å². The molecule has 35 heavy (non-hydrogen) atoms. The zero-order chi connectivity index (χ0) is 25.3. The van der Waals surface area contributed by atoms with Crippen LogP contribution in [0.5, 0.6) is 0 Å². The van der Waals surface area contributed by atoms with Gasteiger partial charge >= 0.3 is 0 Å². The lowest BCUT2D eigenvalue weighted by Crippen LogP contribution is -2.57. The normalized spacial score (nSPS) is 19.7. The van der Waals surface area contributed by atoms with Crippen LogP contribution in [0.15, 0.2) is 31.0 Å². The van der Waals surface area contributed by atoms with Crippen molar-refractivity contribution in [3.8, 4) is 11.4 Å². The van der Waals surface area contributed by atoms with Crippen LogP contribution in [0.1, 0.15) is 35.8 Å². The van der Waals surface area contributed by atoms with Crippen LogP contribution in [0.4, 0.5) is 23.5 Å². The topological polar surface area (TPSA) is 102 Å². The minimum atomic E-state index is -3.10. The number of carbonyl (C=O) groups is 1. The third kappa shape index (κ3) is 5.50. The van der Waals surface area contributed by atoms with Gasteiger partial charge in [0.1, 0.15) is 0 Å². The van der Waals surface area contributed by atoms with Gasteiger partial charge in [-0.2, -0.15) is 5.10 Å². The van der Waals surface area contributed by atoms with Crippen molar-refractivity contribution in [3.05, 3.63) is 47.3 Å². The molecule has 0 aliphatic carbocycles. The Morgan fingerprint density at radius 2 is 1.86 bits per heavy atom. The van der Waals surface area contributed by atoms with Crippen LogP contribution in [-0.4, -0.2) is 65.6 Å². The van der Waals surface area contributed by atoms with Gasteiger partial charge in [0.15, 0.2) is 11.5 Å². The second kappa shape index (κ2) is 9.72. The van der Waals surface area contributed by atoms with Crippen molar-refractivity contribution >= 4 is 23.5 Å². The number of rotatable bonds is 6. The van der Waals surface area contributed by atoms with E-state index in [1.54, 1.807) is 14.0 Å². The molecule has 0 bridgehead atoms. The number of hydrogen-bond donors (Lipinski definition) is 1. The van der Waals surface area contributed by atoms with Gasteiger partial charge in [0, 0.05) is 51.0 Å². The molecule has 2 unspecified atom stereocenters. The smallest absolute Gasteiger partial charge is 0.275 e. The van der Waals surface area contributed by atoms with Crippen molar-refractivity contribution in [1.29, 1.82) is 0 Å². The number of alkyl halides is 4. The van der Waals surface area contributed by atoms with E-state index in [9.17, 15) is 22.4 Å². The molecule has 14 heteroatoms. The number of aryl methyl sites for hydroxylation is 1. The average molecular weight is 513 g/mol. The zero-order valence-electron chi connectivity index (χ0n) is 18.7. The molecular weight excluding hydrogens is 492 g/mol. The van der Waals surface area contributed by atoms with Crippen molar-refractivity contribution < 1.29 is 22.4 Å². The molecule has 1 aliphatic heterocycles. The van der Waals surface area contributed by atoms with Crippen LogP contribution in [0.3, 0.4) is 0 Å². The van der Waals surface area contributed by atoms with E-state index >= 15 is 0 Å². The Morgan fingerprint density at radius 3 is 2.49 bits per heavy atom. The Balaban J connectivity index is 1.61. The van der Waals surface area contributed by atoms with Crippen LogP contribution < -0.4 is 5.32 Å². The maximum Gasteiger partial charge on any atom is 0.275 e. The molecule has 0 aromatic carbocycles. The van der Waals surface area contributed by atoms with Crippen molar-refractivity contribution in [2.75, 3.05) is 18.4 Å². The van der Waals surface area contributed by atoms with Gasteiger partial charge < -0.3 is 10.2 Å². The molecular formula is C21H21ClF4N8O. The summed E-state index contributed by atoms with van der Waals surface area (Å²) in [5.74, 6) is -4.21. The minimum Gasteiger partial charge on any atom is -0.352 e. The van der Waals surface area contributed by atoms with Crippen molar-refractivity contribution in [2.24, 2.45) is 13.0 Å². The molecule has 0 saturated carbocycles. The summed E-state index contributed by atoms with van der Waals surface area (Å²) < 4.78 is 55.9. The monoisotopic (exact) mass is 512 g/mol. The van der Waals surface area contributed by atoms with Crippen molar-refractivity contribution in [2.45, 2.75) is 31.7 Å². The first-order valence-corrected chi connectivity index (χ1v) is 11.0. The van der Waals surface area contributed by atoms with E-state index in [0.717, 1.165) is 17.3 Å². The number of hydrogen-bond acceptors (Lipinski definition) is 7. The summed E-state index contributed by atoms with van der Waals surface area (Å²) in [5.41, 5.74) is -0.152. The number of carbonyl (C=O) groups excluding carboxylic acids is 1. The number of nitrogens with one attached hydrogen (secondary N) is 1. The lowest BCUT2D eigenvalue weighted by molar-refractivity contribution is -0.0898. The zero-order valence-corrected chi connectivity index (χ0v) is 19.4. The molecule has 3 aromatic rings. The van der Waals surface area contributed by atoms with E-state index < -0.39 is 43.2 Å². The first-order chi connectivity index (χ1) is 16.5. The summed E-state index contributed by atoms with van der Waals surface area (Å²) >= 11 is 5.85. The van der Waals surface area contributed by atoms with E-state index in [1.165, 1.54) is 23.3 Å². The standard InChI is InChI=1S/C21H21ClF4N8O/c1-11-3-21(25,26)10-34(15(11)8-31-20-29-4-12(5-30-20)17(23)24)19(35)16-14(9-33(2)32-16)18-27-6-13(22)7-28-18/h4-7,9,11,15,17H,3,8,10H2,1-2H3,(H,29,30,31). The molecule has 2 atom stereocenters. The molecule has 4 rings (SSSR count). The Hall–Kier alpha value is -3.35. The summed E-state index contributed by atoms with van der Waals surface area (Å²) in [6.07, 6.45) is 3.05. The van der Waals surface area contributed by atoms with Gasteiger partial charge in [-0.25, -0.2) is 37.5 Å². The van der Waals surface area contributed by atoms with E-state index in [0.29, 0.717) is 5.02 Å². The predicted molar refractivity (Wildman–Crippen MR) is 118 cm³/mol. The van der Waals surface area contributed by atoms with Crippen molar-refractivity contribution in [3.63, 3.8) is 0 Å². The molecule has 3 aromatic heterocycles. The molecule has 1 saturated heterocycles. The van der Waals surface area contributed by atoms with E-state index in [2.05, 4.69) is 30.4 Å². The highest BCUT2D eigenvalue weighted by atomic mass is 35.5. The number of aromatic nitrogens is 6. The first-order valence-electron chi connectivity index (χ1n) is 10.6. The van der Waals surface area contributed by atoms with Crippen LogP contribution in [0.25, 0.3) is 11.4 Å². The van der Waals surface area contributed by atoms with E-state index in [-0.39, 0.29) is 35.1 Å². The second-order valence-electron chi connectivity index (χ2n) is 8.35. The molecule has 186 valence electrons. The quantitative estimate of drug-likeness (QED) is 0.500. The fourth-order valence-corrected chi connectivity index (χ4v) is 4.11. The molecule has 9 nitrogen and oxygen atoms in total. The van der Waals surface area contributed by atoms with E-state index in [4.69, 9.17) is 11.6 Å². The lowest BCUT2D eigenvalue weighted by atomic mass is 9.88.